The summed E-state index contributed by atoms with van der Waals surface area (Å²) in [4.78, 5) is 24.8. The van der Waals surface area contributed by atoms with Crippen molar-refractivity contribution in [1.82, 2.24) is 4.90 Å². The van der Waals surface area contributed by atoms with Crippen molar-refractivity contribution < 1.29 is 14.3 Å². The lowest BCUT2D eigenvalue weighted by molar-refractivity contribution is -0.148. The van der Waals surface area contributed by atoms with Gasteiger partial charge < -0.3 is 9.64 Å². The number of carbonyl (C=O) groups is 2. The maximum atomic E-state index is 11.5. The molecule has 1 fully saturated rings. The van der Waals surface area contributed by atoms with E-state index in [1.165, 1.54) is 0 Å². The summed E-state index contributed by atoms with van der Waals surface area (Å²) in [5, 5.41) is 0. The van der Waals surface area contributed by atoms with Gasteiger partial charge in [0.05, 0.1) is 12.5 Å². The SMILES string of the molecule is CCOC(=O)C(CC)CCN1CCCC1=O. The number of ether oxygens (including phenoxy) is 1. The van der Waals surface area contributed by atoms with Crippen molar-refractivity contribution in [3.8, 4) is 0 Å². The van der Waals surface area contributed by atoms with Crippen molar-refractivity contribution in [2.24, 2.45) is 5.92 Å². The molecule has 1 unspecified atom stereocenters. The van der Waals surface area contributed by atoms with Crippen molar-refractivity contribution in [1.29, 1.82) is 0 Å². The summed E-state index contributed by atoms with van der Waals surface area (Å²) < 4.78 is 4.99. The largest absolute Gasteiger partial charge is 0.466 e. The van der Waals surface area contributed by atoms with Crippen LogP contribution in [-0.4, -0.2) is 36.5 Å². The Balaban J connectivity index is 2.33. The van der Waals surface area contributed by atoms with Crippen molar-refractivity contribution in [3.05, 3.63) is 0 Å². The van der Waals surface area contributed by atoms with Crippen molar-refractivity contribution in [2.75, 3.05) is 19.7 Å². The van der Waals surface area contributed by atoms with Crippen molar-refractivity contribution in [2.45, 2.75) is 39.5 Å². The van der Waals surface area contributed by atoms with Crippen molar-refractivity contribution >= 4 is 11.9 Å². The highest BCUT2D eigenvalue weighted by molar-refractivity contribution is 5.78. The van der Waals surface area contributed by atoms with E-state index >= 15 is 0 Å². The number of esters is 1. The van der Waals surface area contributed by atoms with Crippen LogP contribution in [-0.2, 0) is 14.3 Å². The molecule has 1 amide bonds. The summed E-state index contributed by atoms with van der Waals surface area (Å²) in [5.74, 6) is 0.0312. The van der Waals surface area contributed by atoms with E-state index in [1.54, 1.807) is 0 Å². The minimum Gasteiger partial charge on any atom is -0.466 e. The van der Waals surface area contributed by atoms with Crippen LogP contribution in [0.1, 0.15) is 39.5 Å². The number of likely N-dealkylation sites (tertiary alicyclic amines) is 1. The van der Waals surface area contributed by atoms with E-state index in [4.69, 9.17) is 4.74 Å². The lowest BCUT2D eigenvalue weighted by Gasteiger charge is -2.19. The molecule has 0 saturated carbocycles. The van der Waals surface area contributed by atoms with E-state index in [0.717, 1.165) is 25.8 Å². The predicted molar refractivity (Wildman–Crippen MR) is 60.8 cm³/mol. The number of amides is 1. The van der Waals surface area contributed by atoms with Gasteiger partial charge in [-0.1, -0.05) is 6.92 Å². The van der Waals surface area contributed by atoms with Gasteiger partial charge in [0.1, 0.15) is 0 Å². The van der Waals surface area contributed by atoms with Crippen LogP contribution in [0.15, 0.2) is 0 Å². The summed E-state index contributed by atoms with van der Waals surface area (Å²) >= 11 is 0. The Morgan fingerprint density at radius 3 is 2.75 bits per heavy atom. The van der Waals surface area contributed by atoms with Crippen LogP contribution in [0.2, 0.25) is 0 Å². The zero-order valence-electron chi connectivity index (χ0n) is 10.2. The highest BCUT2D eigenvalue weighted by atomic mass is 16.5. The van der Waals surface area contributed by atoms with Gasteiger partial charge in [-0.3, -0.25) is 9.59 Å². The predicted octanol–water partition coefficient (Wildman–Crippen LogP) is 1.59. The third-order valence-corrected chi connectivity index (χ3v) is 3.03. The van der Waals surface area contributed by atoms with Crippen LogP contribution in [0.25, 0.3) is 0 Å². The Morgan fingerprint density at radius 1 is 1.50 bits per heavy atom. The first kappa shape index (κ1) is 13.0. The standard InChI is InChI=1S/C12H21NO3/c1-3-10(12(15)16-4-2)7-9-13-8-5-6-11(13)14/h10H,3-9H2,1-2H3. The second-order valence-corrected chi connectivity index (χ2v) is 4.13. The molecule has 0 aliphatic carbocycles. The van der Waals surface area contributed by atoms with Gasteiger partial charge in [-0.15, -0.1) is 0 Å². The normalized spacial score (nSPS) is 17.6. The second-order valence-electron chi connectivity index (χ2n) is 4.13. The van der Waals surface area contributed by atoms with Crippen LogP contribution in [0.3, 0.4) is 0 Å². The number of rotatable bonds is 6. The van der Waals surface area contributed by atoms with Gasteiger partial charge in [-0.25, -0.2) is 0 Å². The molecule has 0 bridgehead atoms. The fraction of sp³-hybridized carbons (Fsp3) is 0.833. The second kappa shape index (κ2) is 6.51. The van der Waals surface area contributed by atoms with Gasteiger partial charge in [0.25, 0.3) is 0 Å². The van der Waals surface area contributed by atoms with Crippen LogP contribution in [0.4, 0.5) is 0 Å². The van der Waals surface area contributed by atoms with Crippen LogP contribution >= 0.6 is 0 Å². The fourth-order valence-corrected chi connectivity index (χ4v) is 2.00. The summed E-state index contributed by atoms with van der Waals surface area (Å²) in [6, 6.07) is 0. The van der Waals surface area contributed by atoms with Crippen LogP contribution < -0.4 is 0 Å². The van der Waals surface area contributed by atoms with Gasteiger partial charge >= 0.3 is 5.97 Å². The zero-order valence-corrected chi connectivity index (χ0v) is 10.2. The molecule has 0 radical (unpaired) electrons. The topological polar surface area (TPSA) is 46.6 Å². The Bertz CT molecular complexity index is 253. The third-order valence-electron chi connectivity index (χ3n) is 3.03. The highest BCUT2D eigenvalue weighted by Crippen LogP contribution is 2.15. The fourth-order valence-electron chi connectivity index (χ4n) is 2.00. The molecule has 1 rings (SSSR count). The molecule has 1 heterocycles. The van der Waals surface area contributed by atoms with Crippen LogP contribution in [0, 0.1) is 5.92 Å². The first-order valence-electron chi connectivity index (χ1n) is 6.13. The molecule has 0 N–H and O–H groups in total. The first-order chi connectivity index (χ1) is 7.69. The van der Waals surface area contributed by atoms with Gasteiger partial charge in [0.2, 0.25) is 5.91 Å². The molecule has 4 nitrogen and oxygen atoms in total. The number of hydrogen-bond acceptors (Lipinski definition) is 3. The van der Waals surface area contributed by atoms with Gasteiger partial charge in [0, 0.05) is 19.5 Å². The quantitative estimate of drug-likeness (QED) is 0.647. The molecule has 1 saturated heterocycles. The number of hydrogen-bond donors (Lipinski definition) is 0. The van der Waals surface area contributed by atoms with E-state index in [1.807, 2.05) is 18.7 Å². The Morgan fingerprint density at radius 2 is 2.25 bits per heavy atom. The zero-order chi connectivity index (χ0) is 12.0. The molecular formula is C12H21NO3. The minimum atomic E-state index is -0.128. The monoisotopic (exact) mass is 227 g/mol. The molecule has 0 aromatic rings. The molecule has 1 atom stereocenters. The van der Waals surface area contributed by atoms with Crippen LogP contribution in [0.5, 0.6) is 0 Å². The molecule has 4 heteroatoms. The Kier molecular flexibility index (Phi) is 5.29. The third kappa shape index (κ3) is 3.51. The highest BCUT2D eigenvalue weighted by Gasteiger charge is 2.23. The summed E-state index contributed by atoms with van der Waals surface area (Å²) in [6.45, 7) is 5.76. The molecule has 0 aromatic carbocycles. The number of nitrogens with zero attached hydrogens (tertiary/aromatic N) is 1. The van der Waals surface area contributed by atoms with Gasteiger partial charge in [0.15, 0.2) is 0 Å². The average molecular weight is 227 g/mol. The molecule has 92 valence electrons. The lowest BCUT2D eigenvalue weighted by atomic mass is 10.0. The summed E-state index contributed by atoms with van der Waals surface area (Å²) in [5.41, 5.74) is 0. The van der Waals surface area contributed by atoms with Crippen molar-refractivity contribution in [3.63, 3.8) is 0 Å². The summed E-state index contributed by atoms with van der Waals surface area (Å²) in [7, 11) is 0. The van der Waals surface area contributed by atoms with Gasteiger partial charge in [-0.2, -0.15) is 0 Å². The van der Waals surface area contributed by atoms with E-state index in [-0.39, 0.29) is 17.8 Å². The first-order valence-corrected chi connectivity index (χ1v) is 6.13. The van der Waals surface area contributed by atoms with E-state index in [9.17, 15) is 9.59 Å². The number of carbonyl (C=O) groups excluding carboxylic acids is 2. The smallest absolute Gasteiger partial charge is 0.308 e. The molecule has 1 aliphatic heterocycles. The van der Waals surface area contributed by atoms with E-state index in [2.05, 4.69) is 0 Å². The lowest BCUT2D eigenvalue weighted by Crippen LogP contribution is -2.29. The maximum absolute atomic E-state index is 11.5. The average Bonchev–Trinajstić information content (AvgIpc) is 2.66. The molecule has 0 aromatic heterocycles. The Hall–Kier alpha value is -1.06. The maximum Gasteiger partial charge on any atom is 0.308 e. The van der Waals surface area contributed by atoms with Gasteiger partial charge in [-0.05, 0) is 26.2 Å². The minimum absolute atomic E-state index is 0.0617. The summed E-state index contributed by atoms with van der Waals surface area (Å²) in [6.07, 6.45) is 3.12. The molecule has 1 aliphatic rings. The van der Waals surface area contributed by atoms with E-state index in [0.29, 0.717) is 19.6 Å². The Labute approximate surface area is 96.9 Å². The molecule has 0 spiro atoms. The molecule has 16 heavy (non-hydrogen) atoms. The van der Waals surface area contributed by atoms with E-state index < -0.39 is 0 Å². The molecular weight excluding hydrogens is 206 g/mol.